The molecular formula is C21H22BrN3O2S2. The van der Waals surface area contributed by atoms with E-state index in [1.165, 1.54) is 38.9 Å². The van der Waals surface area contributed by atoms with E-state index in [0.717, 1.165) is 24.3 Å². The van der Waals surface area contributed by atoms with Crippen LogP contribution in [-0.2, 0) is 23.1 Å². The lowest BCUT2D eigenvalue weighted by atomic mass is 9.86. The van der Waals surface area contributed by atoms with Crippen LogP contribution in [0.15, 0.2) is 34.2 Å². The van der Waals surface area contributed by atoms with E-state index in [2.05, 4.69) is 71.2 Å². The number of carboxylic acid groups (broad SMARTS) is 1. The number of thiophene rings is 1. The number of rotatable bonds is 5. The van der Waals surface area contributed by atoms with Crippen molar-refractivity contribution in [2.45, 2.75) is 50.6 Å². The van der Waals surface area contributed by atoms with Gasteiger partial charge in [-0.2, -0.15) is 0 Å². The van der Waals surface area contributed by atoms with Gasteiger partial charge in [-0.05, 0) is 62.9 Å². The van der Waals surface area contributed by atoms with Crippen molar-refractivity contribution in [1.82, 2.24) is 14.8 Å². The highest BCUT2D eigenvalue weighted by atomic mass is 79.9. The molecule has 0 amide bonds. The van der Waals surface area contributed by atoms with Crippen molar-refractivity contribution in [3.8, 4) is 15.4 Å². The minimum absolute atomic E-state index is 0.0418. The maximum Gasteiger partial charge on any atom is 0.313 e. The molecule has 8 heteroatoms. The number of thioether (sulfide) groups is 1. The molecule has 1 N–H and O–H groups in total. The minimum atomic E-state index is -0.864. The Morgan fingerprint density at radius 3 is 2.55 bits per heavy atom. The number of hydrogen-bond acceptors (Lipinski definition) is 5. The van der Waals surface area contributed by atoms with Crippen LogP contribution >= 0.6 is 39.0 Å². The van der Waals surface area contributed by atoms with Crippen molar-refractivity contribution in [1.29, 1.82) is 0 Å². The zero-order chi connectivity index (χ0) is 20.8. The van der Waals surface area contributed by atoms with E-state index < -0.39 is 5.97 Å². The Kier molecular flexibility index (Phi) is 5.61. The van der Waals surface area contributed by atoms with Gasteiger partial charge in [-0.1, -0.05) is 56.8 Å². The van der Waals surface area contributed by atoms with Gasteiger partial charge in [0.1, 0.15) is 5.00 Å². The fourth-order valence-electron chi connectivity index (χ4n) is 3.63. The Labute approximate surface area is 186 Å². The third kappa shape index (κ3) is 4.02. The van der Waals surface area contributed by atoms with Crippen LogP contribution < -0.4 is 0 Å². The van der Waals surface area contributed by atoms with Gasteiger partial charge in [-0.15, -0.1) is 21.5 Å². The van der Waals surface area contributed by atoms with Crippen LogP contribution in [0.3, 0.4) is 0 Å². The van der Waals surface area contributed by atoms with Gasteiger partial charge in [0.25, 0.3) is 0 Å². The molecular weight excluding hydrogens is 470 g/mol. The number of aliphatic carboxylic acids is 1. The summed E-state index contributed by atoms with van der Waals surface area (Å²) in [6.45, 7) is 6.68. The quantitative estimate of drug-likeness (QED) is 0.462. The molecule has 0 saturated heterocycles. The van der Waals surface area contributed by atoms with E-state index in [-0.39, 0.29) is 11.2 Å². The molecule has 0 unspecified atom stereocenters. The van der Waals surface area contributed by atoms with Crippen LogP contribution in [0.1, 0.15) is 43.9 Å². The molecule has 0 aliphatic heterocycles. The van der Waals surface area contributed by atoms with Crippen molar-refractivity contribution in [2.24, 2.45) is 0 Å². The molecule has 29 heavy (non-hydrogen) atoms. The normalized spacial score (nSPS) is 13.7. The SMILES string of the molecule is CC(C)(C)c1ccc(-c2sc(-n3c(Br)nnc3SCC(=O)O)c3c2CCC3)cc1. The van der Waals surface area contributed by atoms with Gasteiger partial charge < -0.3 is 5.11 Å². The van der Waals surface area contributed by atoms with E-state index in [1.54, 1.807) is 11.3 Å². The van der Waals surface area contributed by atoms with Crippen LogP contribution in [0, 0.1) is 0 Å². The second-order valence-electron chi connectivity index (χ2n) is 8.14. The van der Waals surface area contributed by atoms with Crippen LogP contribution in [0.5, 0.6) is 0 Å². The molecule has 0 radical (unpaired) electrons. The fraction of sp³-hybridized carbons (Fsp3) is 0.381. The largest absolute Gasteiger partial charge is 0.481 e. The number of nitrogens with zero attached hydrogens (tertiary/aromatic N) is 3. The third-order valence-corrected chi connectivity index (χ3v) is 7.82. The van der Waals surface area contributed by atoms with Gasteiger partial charge in [0, 0.05) is 4.88 Å². The van der Waals surface area contributed by atoms with E-state index >= 15 is 0 Å². The van der Waals surface area contributed by atoms with Gasteiger partial charge in [0.2, 0.25) is 4.73 Å². The fourth-order valence-corrected chi connectivity index (χ4v) is 6.41. The van der Waals surface area contributed by atoms with Crippen LogP contribution in [0.4, 0.5) is 0 Å². The van der Waals surface area contributed by atoms with Crippen molar-refractivity contribution < 1.29 is 9.90 Å². The Bertz CT molecular complexity index is 1070. The number of carboxylic acids is 1. The second kappa shape index (κ2) is 7.89. The van der Waals surface area contributed by atoms with Gasteiger partial charge in [-0.25, -0.2) is 0 Å². The Hall–Kier alpha value is -1.64. The summed E-state index contributed by atoms with van der Waals surface area (Å²) in [4.78, 5) is 12.3. The number of carbonyl (C=O) groups is 1. The number of aromatic nitrogens is 3. The Morgan fingerprint density at radius 1 is 1.21 bits per heavy atom. The average molecular weight is 492 g/mol. The highest BCUT2D eigenvalue weighted by Gasteiger charge is 2.27. The molecule has 3 aromatic rings. The highest BCUT2D eigenvalue weighted by molar-refractivity contribution is 9.10. The summed E-state index contributed by atoms with van der Waals surface area (Å²) in [6, 6.07) is 8.88. The Balaban J connectivity index is 1.77. The molecule has 0 saturated carbocycles. The minimum Gasteiger partial charge on any atom is -0.481 e. The summed E-state index contributed by atoms with van der Waals surface area (Å²) in [5.41, 5.74) is 5.43. The summed E-state index contributed by atoms with van der Waals surface area (Å²) < 4.78 is 2.56. The highest BCUT2D eigenvalue weighted by Crippen LogP contribution is 2.45. The standard InChI is InChI=1S/C21H22BrN3O2S2/c1-21(2,3)13-9-7-12(8-10-13)17-14-5-4-6-15(14)18(29-17)25-19(22)23-24-20(25)28-11-16(26)27/h7-10H,4-6,11H2,1-3H3,(H,26,27). The monoisotopic (exact) mass is 491 g/mol. The van der Waals surface area contributed by atoms with Gasteiger partial charge in [0.05, 0.1) is 5.75 Å². The zero-order valence-corrected chi connectivity index (χ0v) is 19.7. The van der Waals surface area contributed by atoms with E-state index in [9.17, 15) is 4.79 Å². The zero-order valence-electron chi connectivity index (χ0n) is 16.5. The van der Waals surface area contributed by atoms with Crippen molar-refractivity contribution in [3.05, 3.63) is 45.7 Å². The molecule has 2 aromatic heterocycles. The maximum atomic E-state index is 11.0. The molecule has 1 aliphatic carbocycles. The predicted molar refractivity (Wildman–Crippen MR) is 121 cm³/mol. The molecule has 152 valence electrons. The first-order valence-electron chi connectivity index (χ1n) is 9.47. The summed E-state index contributed by atoms with van der Waals surface area (Å²) in [6.07, 6.45) is 3.23. The van der Waals surface area contributed by atoms with Crippen molar-refractivity contribution in [3.63, 3.8) is 0 Å². The smallest absolute Gasteiger partial charge is 0.313 e. The van der Waals surface area contributed by atoms with Crippen molar-refractivity contribution in [2.75, 3.05) is 5.75 Å². The summed E-state index contributed by atoms with van der Waals surface area (Å²) in [5.74, 6) is -0.906. The molecule has 2 heterocycles. The number of hydrogen-bond donors (Lipinski definition) is 1. The lowest BCUT2D eigenvalue weighted by molar-refractivity contribution is -0.133. The summed E-state index contributed by atoms with van der Waals surface area (Å²) in [5, 5.41) is 19.1. The first kappa shape index (κ1) is 20.6. The molecule has 5 nitrogen and oxygen atoms in total. The lowest BCUT2D eigenvalue weighted by Crippen LogP contribution is -2.10. The molecule has 1 aliphatic rings. The molecule has 4 rings (SSSR count). The van der Waals surface area contributed by atoms with Gasteiger partial charge >= 0.3 is 5.97 Å². The molecule has 0 fully saturated rings. The number of fused-ring (bicyclic) bond motifs is 1. The van der Waals surface area contributed by atoms with E-state index in [4.69, 9.17) is 5.11 Å². The summed E-state index contributed by atoms with van der Waals surface area (Å²) >= 11 is 6.43. The molecule has 0 atom stereocenters. The first-order valence-corrected chi connectivity index (χ1v) is 12.1. The summed E-state index contributed by atoms with van der Waals surface area (Å²) in [7, 11) is 0. The number of halogens is 1. The molecule has 0 bridgehead atoms. The molecule has 0 spiro atoms. The van der Waals surface area contributed by atoms with Crippen LogP contribution in [-0.4, -0.2) is 31.6 Å². The van der Waals surface area contributed by atoms with E-state index in [0.29, 0.717) is 9.89 Å². The average Bonchev–Trinajstić information content (AvgIpc) is 3.35. The Morgan fingerprint density at radius 2 is 1.90 bits per heavy atom. The van der Waals surface area contributed by atoms with Crippen LogP contribution in [0.2, 0.25) is 0 Å². The van der Waals surface area contributed by atoms with Gasteiger partial charge in [-0.3, -0.25) is 9.36 Å². The van der Waals surface area contributed by atoms with Crippen molar-refractivity contribution >= 4 is 45.0 Å². The van der Waals surface area contributed by atoms with Crippen LogP contribution in [0.25, 0.3) is 15.4 Å². The lowest BCUT2D eigenvalue weighted by Gasteiger charge is -2.19. The predicted octanol–water partition coefficient (Wildman–Crippen LogP) is 5.72. The van der Waals surface area contributed by atoms with Gasteiger partial charge in [0.15, 0.2) is 5.16 Å². The topological polar surface area (TPSA) is 68.0 Å². The molecule has 1 aromatic carbocycles. The third-order valence-electron chi connectivity index (χ3n) is 5.08. The maximum absolute atomic E-state index is 11.0. The van der Waals surface area contributed by atoms with E-state index in [1.807, 2.05) is 4.57 Å². The first-order chi connectivity index (χ1) is 13.8. The number of benzene rings is 1. The second-order valence-corrected chi connectivity index (χ2v) is 10.8.